The van der Waals surface area contributed by atoms with Crippen molar-refractivity contribution in [2.24, 2.45) is 0 Å². The van der Waals surface area contributed by atoms with E-state index < -0.39 is 17.3 Å². The van der Waals surface area contributed by atoms with Crippen molar-refractivity contribution in [3.05, 3.63) is 65.4 Å². The molecule has 4 rings (SSSR count). The molecule has 1 aromatic carbocycles. The lowest BCUT2D eigenvalue weighted by atomic mass is 9.90. The number of halogens is 3. The lowest BCUT2D eigenvalue weighted by molar-refractivity contribution is -0.138. The van der Waals surface area contributed by atoms with Crippen molar-refractivity contribution in [2.75, 3.05) is 10.6 Å². The summed E-state index contributed by atoms with van der Waals surface area (Å²) >= 11 is 0. The normalized spacial score (nSPS) is 19.8. The smallest absolute Gasteiger partial charge is 0.367 e. The molecular formula is C24H22F3N5O2. The summed E-state index contributed by atoms with van der Waals surface area (Å²) in [5, 5.41) is 14.9. The van der Waals surface area contributed by atoms with Crippen LogP contribution < -0.4 is 10.6 Å². The van der Waals surface area contributed by atoms with Gasteiger partial charge in [-0.05, 0) is 55.5 Å². The first-order chi connectivity index (χ1) is 16.2. The number of nitrogens with one attached hydrogen (secondary N) is 2. The number of fused-ring (bicyclic) bond motifs is 1. The SMILES string of the molecule is C=CC(=O)Nc1ccc2c(c1)C(=O)N([C@H]1CCC[C@@H](Nc3cc(C#N)c(C(F)(F)F)cn3)C1)C2. The van der Waals surface area contributed by atoms with Crippen LogP contribution in [0.2, 0.25) is 0 Å². The number of nitriles is 1. The monoisotopic (exact) mass is 469 g/mol. The van der Waals surface area contributed by atoms with E-state index in [1.54, 1.807) is 23.1 Å². The molecule has 10 heteroatoms. The molecule has 1 fully saturated rings. The molecule has 1 aromatic heterocycles. The Morgan fingerprint density at radius 3 is 2.79 bits per heavy atom. The van der Waals surface area contributed by atoms with Gasteiger partial charge in [-0.3, -0.25) is 9.59 Å². The maximum atomic E-state index is 13.1. The minimum Gasteiger partial charge on any atom is -0.367 e. The van der Waals surface area contributed by atoms with Gasteiger partial charge in [0.2, 0.25) is 5.91 Å². The predicted octanol–water partition coefficient (Wildman–Crippen LogP) is 4.48. The van der Waals surface area contributed by atoms with Crippen LogP contribution in [0.4, 0.5) is 24.7 Å². The zero-order chi connectivity index (χ0) is 24.5. The maximum Gasteiger partial charge on any atom is 0.419 e. The Morgan fingerprint density at radius 1 is 1.29 bits per heavy atom. The van der Waals surface area contributed by atoms with Crippen LogP contribution in [-0.4, -0.2) is 33.8 Å². The molecular weight excluding hydrogens is 447 g/mol. The van der Waals surface area contributed by atoms with Gasteiger partial charge in [0.25, 0.3) is 5.91 Å². The highest BCUT2D eigenvalue weighted by Gasteiger charge is 2.37. The van der Waals surface area contributed by atoms with Gasteiger partial charge in [0.05, 0.1) is 17.2 Å². The number of hydrogen-bond donors (Lipinski definition) is 2. The third kappa shape index (κ3) is 4.73. The predicted molar refractivity (Wildman–Crippen MR) is 119 cm³/mol. The van der Waals surface area contributed by atoms with E-state index in [-0.39, 0.29) is 29.7 Å². The molecule has 2 amide bonds. The number of anilines is 2. The maximum absolute atomic E-state index is 13.1. The minimum atomic E-state index is -4.65. The fourth-order valence-electron chi connectivity index (χ4n) is 4.53. The van der Waals surface area contributed by atoms with Crippen molar-refractivity contribution < 1.29 is 22.8 Å². The van der Waals surface area contributed by atoms with Gasteiger partial charge in [0.15, 0.2) is 0 Å². The molecule has 2 heterocycles. The number of carbonyl (C=O) groups excluding carboxylic acids is 2. The molecule has 2 N–H and O–H groups in total. The van der Waals surface area contributed by atoms with Gasteiger partial charge in [-0.15, -0.1) is 0 Å². The average Bonchev–Trinajstić information content (AvgIpc) is 3.14. The van der Waals surface area contributed by atoms with Crippen molar-refractivity contribution >= 4 is 23.3 Å². The largest absolute Gasteiger partial charge is 0.419 e. The molecule has 0 saturated heterocycles. The molecule has 0 spiro atoms. The first kappa shape index (κ1) is 23.3. The van der Waals surface area contributed by atoms with E-state index in [0.29, 0.717) is 30.4 Å². The second-order valence-corrected chi connectivity index (χ2v) is 8.38. The van der Waals surface area contributed by atoms with Gasteiger partial charge in [-0.1, -0.05) is 12.6 Å². The Morgan fingerprint density at radius 2 is 2.09 bits per heavy atom. The summed E-state index contributed by atoms with van der Waals surface area (Å²) in [7, 11) is 0. The van der Waals surface area contributed by atoms with Gasteiger partial charge < -0.3 is 15.5 Å². The Hall–Kier alpha value is -3.87. The van der Waals surface area contributed by atoms with Crippen molar-refractivity contribution in [1.29, 1.82) is 5.26 Å². The molecule has 1 saturated carbocycles. The third-order valence-corrected chi connectivity index (χ3v) is 6.16. The van der Waals surface area contributed by atoms with E-state index in [4.69, 9.17) is 5.26 Å². The molecule has 2 aliphatic rings. The lowest BCUT2D eigenvalue weighted by Gasteiger charge is -2.35. The van der Waals surface area contributed by atoms with Gasteiger partial charge >= 0.3 is 6.18 Å². The van der Waals surface area contributed by atoms with E-state index in [1.165, 1.54) is 0 Å². The Balaban J connectivity index is 1.45. The zero-order valence-corrected chi connectivity index (χ0v) is 18.2. The first-order valence-corrected chi connectivity index (χ1v) is 10.8. The fourth-order valence-corrected chi connectivity index (χ4v) is 4.53. The van der Waals surface area contributed by atoms with E-state index in [2.05, 4.69) is 22.2 Å². The molecule has 1 aliphatic heterocycles. The summed E-state index contributed by atoms with van der Waals surface area (Å²) in [5.74, 6) is -0.275. The van der Waals surface area contributed by atoms with E-state index in [0.717, 1.165) is 37.0 Å². The molecule has 2 atom stereocenters. The summed E-state index contributed by atoms with van der Waals surface area (Å²) in [5.41, 5.74) is 0.386. The standard InChI is InChI=1S/C24H22F3N5O2/c1-2-22(33)31-17-7-6-14-13-32(23(34)19(14)10-17)18-5-3-4-16(9-18)30-21-8-15(11-28)20(12-29-21)24(25,26)27/h2,6-8,10,12,16,18H,1,3-5,9,13H2,(H,29,30)(H,31,33)/t16-,18+/m1/s1. The molecule has 1 aliphatic carbocycles. The zero-order valence-electron chi connectivity index (χ0n) is 18.2. The average molecular weight is 469 g/mol. The highest BCUT2D eigenvalue weighted by atomic mass is 19.4. The second kappa shape index (κ2) is 9.17. The molecule has 0 unspecified atom stereocenters. The van der Waals surface area contributed by atoms with E-state index >= 15 is 0 Å². The Bertz CT molecular complexity index is 1190. The number of nitrogens with zero attached hydrogens (tertiary/aromatic N) is 3. The van der Waals surface area contributed by atoms with Crippen molar-refractivity contribution in [2.45, 2.75) is 50.5 Å². The van der Waals surface area contributed by atoms with Gasteiger partial charge in [-0.2, -0.15) is 18.4 Å². The van der Waals surface area contributed by atoms with Crippen LogP contribution in [-0.2, 0) is 17.5 Å². The van der Waals surface area contributed by atoms with Gasteiger partial charge in [-0.25, -0.2) is 4.98 Å². The summed E-state index contributed by atoms with van der Waals surface area (Å²) in [6, 6.07) is 7.76. The lowest BCUT2D eigenvalue weighted by Crippen LogP contribution is -2.42. The van der Waals surface area contributed by atoms with Crippen LogP contribution in [0.25, 0.3) is 0 Å². The summed E-state index contributed by atoms with van der Waals surface area (Å²) in [6.07, 6.45) is 0.188. The van der Waals surface area contributed by atoms with Gasteiger partial charge in [0, 0.05) is 36.1 Å². The van der Waals surface area contributed by atoms with Crippen LogP contribution in [0, 0.1) is 11.3 Å². The van der Waals surface area contributed by atoms with Crippen LogP contribution in [0.5, 0.6) is 0 Å². The number of pyridine rings is 1. The topological polar surface area (TPSA) is 98.1 Å². The van der Waals surface area contributed by atoms with Crippen LogP contribution in [0.1, 0.15) is 52.7 Å². The quantitative estimate of drug-likeness (QED) is 0.630. The van der Waals surface area contributed by atoms with Crippen molar-refractivity contribution in [1.82, 2.24) is 9.88 Å². The number of amides is 2. The highest BCUT2D eigenvalue weighted by molar-refractivity contribution is 6.02. The second-order valence-electron chi connectivity index (χ2n) is 8.38. The first-order valence-electron chi connectivity index (χ1n) is 10.8. The third-order valence-electron chi connectivity index (χ3n) is 6.16. The molecule has 0 bridgehead atoms. The number of carbonyl (C=O) groups is 2. The number of rotatable bonds is 5. The summed E-state index contributed by atoms with van der Waals surface area (Å²) in [6.45, 7) is 3.87. The Labute approximate surface area is 194 Å². The van der Waals surface area contributed by atoms with Crippen molar-refractivity contribution in [3.8, 4) is 6.07 Å². The molecule has 34 heavy (non-hydrogen) atoms. The highest BCUT2D eigenvalue weighted by Crippen LogP contribution is 2.35. The van der Waals surface area contributed by atoms with Gasteiger partial charge in [0.1, 0.15) is 5.82 Å². The molecule has 176 valence electrons. The Kier molecular flexibility index (Phi) is 6.28. The van der Waals surface area contributed by atoms with E-state index in [1.807, 2.05) is 6.07 Å². The molecule has 7 nitrogen and oxygen atoms in total. The van der Waals surface area contributed by atoms with E-state index in [9.17, 15) is 22.8 Å². The minimum absolute atomic E-state index is 0.0535. The molecule has 2 aromatic rings. The summed E-state index contributed by atoms with van der Waals surface area (Å²) in [4.78, 5) is 30.3. The number of aromatic nitrogens is 1. The molecule has 0 radical (unpaired) electrons. The summed E-state index contributed by atoms with van der Waals surface area (Å²) < 4.78 is 39.1. The van der Waals surface area contributed by atoms with Crippen molar-refractivity contribution in [3.63, 3.8) is 0 Å². The van der Waals surface area contributed by atoms with Crippen LogP contribution in [0.3, 0.4) is 0 Å². The number of hydrogen-bond acceptors (Lipinski definition) is 5. The fraction of sp³-hybridized carbons (Fsp3) is 0.333. The number of benzene rings is 1. The van der Waals surface area contributed by atoms with Crippen LogP contribution in [0.15, 0.2) is 43.1 Å². The van der Waals surface area contributed by atoms with Crippen LogP contribution >= 0.6 is 0 Å². The number of alkyl halides is 3.